The van der Waals surface area contributed by atoms with Gasteiger partial charge in [-0.3, -0.25) is 4.79 Å². The Morgan fingerprint density at radius 2 is 2.00 bits per heavy atom. The molecule has 0 atom stereocenters. The van der Waals surface area contributed by atoms with Gasteiger partial charge in [0.1, 0.15) is 5.82 Å². The Labute approximate surface area is 101 Å². The van der Waals surface area contributed by atoms with Gasteiger partial charge in [0.25, 0.3) is 0 Å². The molecule has 0 aliphatic carbocycles. The van der Waals surface area contributed by atoms with Gasteiger partial charge in [0, 0.05) is 14.1 Å². The Bertz CT molecular complexity index is 427. The third-order valence-electron chi connectivity index (χ3n) is 2.72. The van der Waals surface area contributed by atoms with Crippen LogP contribution >= 0.6 is 0 Å². The molecule has 0 unspecified atom stereocenters. The van der Waals surface area contributed by atoms with E-state index in [4.69, 9.17) is 5.11 Å². The number of aliphatic carboxylic acids is 1. The zero-order chi connectivity index (χ0) is 13.2. The first-order chi connectivity index (χ1) is 7.74. The minimum absolute atomic E-state index is 0.312. The highest BCUT2D eigenvalue weighted by Gasteiger charge is 2.27. The Hall–Kier alpha value is -1.58. The zero-order valence-electron chi connectivity index (χ0n) is 10.6. The fraction of sp³-hybridized carbons (Fsp3) is 0.462. The van der Waals surface area contributed by atoms with E-state index in [2.05, 4.69) is 0 Å². The summed E-state index contributed by atoms with van der Waals surface area (Å²) in [6.07, 6.45) is 0.312. The molecule has 4 heteroatoms. The smallest absolute Gasteiger partial charge is 0.309 e. The van der Waals surface area contributed by atoms with Gasteiger partial charge in [0.15, 0.2) is 0 Å². The van der Waals surface area contributed by atoms with Crippen LogP contribution in [0.3, 0.4) is 0 Å². The summed E-state index contributed by atoms with van der Waals surface area (Å²) in [6.45, 7) is 3.26. The van der Waals surface area contributed by atoms with Gasteiger partial charge < -0.3 is 10.0 Å². The van der Waals surface area contributed by atoms with Crippen molar-refractivity contribution in [2.75, 3.05) is 19.0 Å². The summed E-state index contributed by atoms with van der Waals surface area (Å²) >= 11 is 0. The lowest BCUT2D eigenvalue weighted by Crippen LogP contribution is -2.26. The molecule has 0 saturated heterocycles. The zero-order valence-corrected chi connectivity index (χ0v) is 10.6. The molecule has 0 aromatic heterocycles. The summed E-state index contributed by atoms with van der Waals surface area (Å²) in [7, 11) is 3.53. The van der Waals surface area contributed by atoms with Crippen molar-refractivity contribution in [3.05, 3.63) is 29.6 Å². The molecular weight excluding hydrogens is 221 g/mol. The summed E-state index contributed by atoms with van der Waals surface area (Å²) in [5, 5.41) is 9.01. The van der Waals surface area contributed by atoms with E-state index in [0.717, 1.165) is 0 Å². The minimum Gasteiger partial charge on any atom is -0.481 e. The normalized spacial score (nSPS) is 11.4. The molecule has 17 heavy (non-hydrogen) atoms. The molecule has 0 amide bonds. The first-order valence-corrected chi connectivity index (χ1v) is 5.43. The lowest BCUT2D eigenvalue weighted by atomic mass is 9.86. The van der Waals surface area contributed by atoms with Crippen LogP contribution in [0.4, 0.5) is 10.1 Å². The molecule has 0 aliphatic rings. The van der Waals surface area contributed by atoms with Gasteiger partial charge in [-0.2, -0.15) is 0 Å². The number of nitrogens with zero attached hydrogens (tertiary/aromatic N) is 1. The average Bonchev–Trinajstić information content (AvgIpc) is 2.15. The molecule has 1 N–H and O–H groups in total. The Balaban J connectivity index is 2.96. The summed E-state index contributed by atoms with van der Waals surface area (Å²) < 4.78 is 13.7. The quantitative estimate of drug-likeness (QED) is 0.877. The molecular formula is C13H18FNO2. The van der Waals surface area contributed by atoms with E-state index in [-0.39, 0.29) is 5.82 Å². The Morgan fingerprint density at radius 3 is 2.41 bits per heavy atom. The third-order valence-corrected chi connectivity index (χ3v) is 2.72. The van der Waals surface area contributed by atoms with Gasteiger partial charge >= 0.3 is 5.97 Å². The van der Waals surface area contributed by atoms with Crippen LogP contribution < -0.4 is 4.90 Å². The molecule has 0 spiro atoms. The van der Waals surface area contributed by atoms with Crippen LogP contribution in [0.5, 0.6) is 0 Å². The predicted molar refractivity (Wildman–Crippen MR) is 65.8 cm³/mol. The van der Waals surface area contributed by atoms with Crippen LogP contribution in [-0.2, 0) is 11.2 Å². The fourth-order valence-electron chi connectivity index (χ4n) is 1.61. The topological polar surface area (TPSA) is 40.5 Å². The molecule has 0 aliphatic heterocycles. The van der Waals surface area contributed by atoms with E-state index in [9.17, 15) is 9.18 Å². The number of hydrogen-bond donors (Lipinski definition) is 1. The SMILES string of the molecule is CN(C)c1ccc(CC(C)(C)C(=O)O)cc1F. The molecule has 3 nitrogen and oxygen atoms in total. The van der Waals surface area contributed by atoms with E-state index in [1.165, 1.54) is 6.07 Å². The lowest BCUT2D eigenvalue weighted by molar-refractivity contribution is -0.146. The summed E-state index contributed by atoms with van der Waals surface area (Å²) in [4.78, 5) is 12.7. The molecule has 0 saturated carbocycles. The van der Waals surface area contributed by atoms with Crippen molar-refractivity contribution >= 4 is 11.7 Å². The first kappa shape index (κ1) is 13.5. The predicted octanol–water partition coefficient (Wildman–Crippen LogP) is 2.54. The van der Waals surface area contributed by atoms with E-state index in [0.29, 0.717) is 17.7 Å². The summed E-state index contributed by atoms with van der Waals surface area (Å²) in [5.74, 6) is -1.21. The second kappa shape index (κ2) is 4.73. The number of benzene rings is 1. The Kier molecular flexibility index (Phi) is 3.76. The highest BCUT2D eigenvalue weighted by molar-refractivity contribution is 5.74. The first-order valence-electron chi connectivity index (χ1n) is 5.43. The number of carboxylic acids is 1. The standard InChI is InChI=1S/C13H18FNO2/c1-13(2,12(16)17)8-9-5-6-11(15(3)4)10(14)7-9/h5-7H,8H2,1-4H3,(H,16,17). The van der Waals surface area contributed by atoms with Crippen LogP contribution in [0.1, 0.15) is 19.4 Å². The van der Waals surface area contributed by atoms with Crippen LogP contribution in [0.25, 0.3) is 0 Å². The van der Waals surface area contributed by atoms with E-state index in [1.807, 2.05) is 0 Å². The largest absolute Gasteiger partial charge is 0.481 e. The van der Waals surface area contributed by atoms with Gasteiger partial charge in [0.2, 0.25) is 0 Å². The lowest BCUT2D eigenvalue weighted by Gasteiger charge is -2.20. The average molecular weight is 239 g/mol. The van der Waals surface area contributed by atoms with Crippen molar-refractivity contribution in [3.8, 4) is 0 Å². The van der Waals surface area contributed by atoms with Crippen molar-refractivity contribution in [2.24, 2.45) is 5.41 Å². The van der Waals surface area contributed by atoms with Crippen LogP contribution in [0.15, 0.2) is 18.2 Å². The van der Waals surface area contributed by atoms with Gasteiger partial charge in [-0.1, -0.05) is 6.07 Å². The molecule has 94 valence electrons. The van der Waals surface area contributed by atoms with Crippen LogP contribution in [0, 0.1) is 11.2 Å². The maximum absolute atomic E-state index is 13.7. The van der Waals surface area contributed by atoms with E-state index >= 15 is 0 Å². The van der Waals surface area contributed by atoms with Crippen LogP contribution in [0.2, 0.25) is 0 Å². The number of anilines is 1. The monoisotopic (exact) mass is 239 g/mol. The number of hydrogen-bond acceptors (Lipinski definition) is 2. The second-order valence-electron chi connectivity index (χ2n) is 5.05. The molecule has 0 fully saturated rings. The Morgan fingerprint density at radius 1 is 1.41 bits per heavy atom. The van der Waals surface area contributed by atoms with Gasteiger partial charge in [0.05, 0.1) is 11.1 Å². The van der Waals surface area contributed by atoms with E-state index in [1.54, 1.807) is 45.0 Å². The molecule has 1 aromatic carbocycles. The molecule has 1 aromatic rings. The van der Waals surface area contributed by atoms with Crippen molar-refractivity contribution in [3.63, 3.8) is 0 Å². The number of carbonyl (C=O) groups is 1. The maximum Gasteiger partial charge on any atom is 0.309 e. The van der Waals surface area contributed by atoms with Crippen molar-refractivity contribution < 1.29 is 14.3 Å². The fourth-order valence-corrected chi connectivity index (χ4v) is 1.61. The molecule has 0 radical (unpaired) electrons. The third kappa shape index (κ3) is 3.19. The summed E-state index contributed by atoms with van der Waals surface area (Å²) in [6, 6.07) is 4.84. The van der Waals surface area contributed by atoms with Crippen molar-refractivity contribution in [1.82, 2.24) is 0 Å². The van der Waals surface area contributed by atoms with Gasteiger partial charge in [-0.25, -0.2) is 4.39 Å². The van der Waals surface area contributed by atoms with E-state index < -0.39 is 11.4 Å². The van der Waals surface area contributed by atoms with Gasteiger partial charge in [-0.05, 0) is 38.0 Å². The minimum atomic E-state index is -0.883. The van der Waals surface area contributed by atoms with Crippen LogP contribution in [-0.4, -0.2) is 25.2 Å². The number of carboxylic acid groups (broad SMARTS) is 1. The van der Waals surface area contributed by atoms with Gasteiger partial charge in [-0.15, -0.1) is 0 Å². The maximum atomic E-state index is 13.7. The van der Waals surface area contributed by atoms with Crippen molar-refractivity contribution in [2.45, 2.75) is 20.3 Å². The molecule has 1 rings (SSSR count). The molecule has 0 bridgehead atoms. The number of rotatable bonds is 4. The second-order valence-corrected chi connectivity index (χ2v) is 5.05. The van der Waals surface area contributed by atoms with Crippen molar-refractivity contribution in [1.29, 1.82) is 0 Å². The highest BCUT2D eigenvalue weighted by atomic mass is 19.1. The highest BCUT2D eigenvalue weighted by Crippen LogP contribution is 2.25. The summed E-state index contributed by atoms with van der Waals surface area (Å²) in [5.41, 5.74) is 0.314. The number of halogens is 1. The molecule has 0 heterocycles.